The van der Waals surface area contributed by atoms with Crippen molar-refractivity contribution in [1.29, 1.82) is 0 Å². The number of pyridine rings is 1. The molecule has 0 bridgehead atoms. The van der Waals surface area contributed by atoms with E-state index in [2.05, 4.69) is 10.3 Å². The monoisotopic (exact) mass is 297 g/mol. The number of benzene rings is 1. The first-order chi connectivity index (χ1) is 9.84. The summed E-state index contributed by atoms with van der Waals surface area (Å²) in [6.45, 7) is -0.340. The lowest BCUT2D eigenvalue weighted by Crippen LogP contribution is -2.31. The lowest BCUT2D eigenvalue weighted by Gasteiger charge is -2.16. The Labute approximate surface area is 118 Å². The molecule has 1 aromatic carbocycles. The summed E-state index contributed by atoms with van der Waals surface area (Å²) in [5.74, 6) is -3.27. The molecule has 0 fully saturated rings. The van der Waals surface area contributed by atoms with E-state index in [-0.39, 0.29) is 11.1 Å². The number of hydrogen-bond donors (Lipinski definition) is 2. The second-order valence-electron chi connectivity index (χ2n) is 4.63. The zero-order chi connectivity index (χ0) is 15.6. The van der Waals surface area contributed by atoms with Crippen LogP contribution in [-0.2, 0) is 0 Å². The number of non-ortho nitro benzene ring substituents is 1. The minimum absolute atomic E-state index is 0.142. The van der Waals surface area contributed by atoms with Crippen LogP contribution in [0, 0.1) is 17.0 Å². The zero-order valence-electron chi connectivity index (χ0n) is 11.1. The minimum atomic E-state index is -3.27. The number of fused-ring (bicyclic) bond motifs is 1. The van der Waals surface area contributed by atoms with E-state index in [9.17, 15) is 18.9 Å². The molecule has 0 atom stereocenters. The summed E-state index contributed by atoms with van der Waals surface area (Å²) in [5.41, 5.74) is 0.797. The topological polar surface area (TPSA) is 88.3 Å². The van der Waals surface area contributed by atoms with Crippen LogP contribution in [0.2, 0.25) is 0 Å². The molecular weight excluding hydrogens is 284 g/mol. The van der Waals surface area contributed by atoms with Crippen LogP contribution in [0.1, 0.15) is 5.69 Å². The molecule has 0 spiro atoms. The number of aromatic nitrogens is 1. The number of anilines is 1. The van der Waals surface area contributed by atoms with Crippen molar-refractivity contribution in [2.45, 2.75) is 12.8 Å². The Hall–Kier alpha value is -2.35. The Bertz CT molecular complexity index is 692. The number of nitrogens with one attached hydrogen (secondary N) is 1. The van der Waals surface area contributed by atoms with Gasteiger partial charge in [0, 0.05) is 29.0 Å². The number of nitrogens with zero attached hydrogens (tertiary/aromatic N) is 2. The molecule has 2 N–H and O–H groups in total. The molecule has 0 amide bonds. The third-order valence-corrected chi connectivity index (χ3v) is 2.98. The van der Waals surface area contributed by atoms with Gasteiger partial charge in [-0.2, -0.15) is 0 Å². The quantitative estimate of drug-likeness (QED) is 0.654. The molecule has 8 heteroatoms. The minimum Gasteiger partial charge on any atom is -0.390 e. The van der Waals surface area contributed by atoms with Crippen molar-refractivity contribution in [3.05, 3.63) is 40.2 Å². The lowest BCUT2D eigenvalue weighted by atomic mass is 10.1. The molecule has 1 aromatic heterocycles. The predicted octanol–water partition coefficient (Wildman–Crippen LogP) is 2.49. The average Bonchev–Trinajstić information content (AvgIpc) is 2.44. The van der Waals surface area contributed by atoms with E-state index in [1.807, 2.05) is 0 Å². The highest BCUT2D eigenvalue weighted by Crippen LogP contribution is 2.31. The number of rotatable bonds is 5. The molecule has 2 rings (SSSR count). The molecule has 0 radical (unpaired) electrons. The number of alkyl halides is 2. The Balaban J connectivity index is 2.48. The molecule has 0 unspecified atom stereocenters. The van der Waals surface area contributed by atoms with Crippen LogP contribution in [0.25, 0.3) is 10.8 Å². The van der Waals surface area contributed by atoms with E-state index < -0.39 is 24.0 Å². The number of aliphatic hydroxyl groups excluding tert-OH is 1. The number of aliphatic hydroxyl groups is 1. The van der Waals surface area contributed by atoms with Gasteiger partial charge in [0.2, 0.25) is 0 Å². The summed E-state index contributed by atoms with van der Waals surface area (Å²) in [6, 6.07) is 4.19. The van der Waals surface area contributed by atoms with Crippen LogP contribution in [0.5, 0.6) is 0 Å². The molecule has 2 aromatic rings. The smallest absolute Gasteiger partial charge is 0.287 e. The van der Waals surface area contributed by atoms with E-state index >= 15 is 0 Å². The van der Waals surface area contributed by atoms with Crippen LogP contribution >= 0.6 is 0 Å². The summed E-state index contributed by atoms with van der Waals surface area (Å²) in [6.07, 6.45) is 1.35. The van der Waals surface area contributed by atoms with Gasteiger partial charge in [-0.05, 0) is 19.1 Å². The van der Waals surface area contributed by atoms with Crippen molar-refractivity contribution in [1.82, 2.24) is 4.98 Å². The van der Waals surface area contributed by atoms with Crippen LogP contribution < -0.4 is 5.32 Å². The Morgan fingerprint density at radius 3 is 2.76 bits per heavy atom. The highest BCUT2D eigenvalue weighted by Gasteiger charge is 2.27. The Morgan fingerprint density at radius 1 is 1.43 bits per heavy atom. The molecule has 0 aliphatic rings. The van der Waals surface area contributed by atoms with Gasteiger partial charge >= 0.3 is 0 Å². The van der Waals surface area contributed by atoms with Crippen LogP contribution in [0.15, 0.2) is 24.4 Å². The molecule has 0 saturated carbocycles. The first-order valence-electron chi connectivity index (χ1n) is 6.10. The standard InChI is InChI=1S/C13H13F2N3O3/c1-8-4-9-10(5-16-8)12(18(20)21)3-2-11(9)17-6-13(14,15)7-19/h2-5,17,19H,6-7H2,1H3. The van der Waals surface area contributed by atoms with Gasteiger partial charge in [0.05, 0.1) is 16.9 Å². The van der Waals surface area contributed by atoms with Crippen molar-refractivity contribution >= 4 is 22.1 Å². The number of halogens is 2. The van der Waals surface area contributed by atoms with Gasteiger partial charge in [0.1, 0.15) is 6.61 Å². The second kappa shape index (κ2) is 5.57. The summed E-state index contributed by atoms with van der Waals surface area (Å²) >= 11 is 0. The van der Waals surface area contributed by atoms with E-state index in [1.54, 1.807) is 13.0 Å². The number of nitro groups is 1. The third-order valence-electron chi connectivity index (χ3n) is 2.98. The maximum absolute atomic E-state index is 13.1. The van der Waals surface area contributed by atoms with Gasteiger partial charge in [-0.15, -0.1) is 0 Å². The second-order valence-corrected chi connectivity index (χ2v) is 4.63. The Morgan fingerprint density at radius 2 is 2.14 bits per heavy atom. The summed E-state index contributed by atoms with van der Waals surface area (Å²) in [7, 11) is 0. The molecule has 0 saturated heterocycles. The highest BCUT2D eigenvalue weighted by atomic mass is 19.3. The maximum atomic E-state index is 13.1. The van der Waals surface area contributed by atoms with Gasteiger partial charge in [0.25, 0.3) is 11.6 Å². The van der Waals surface area contributed by atoms with E-state index in [0.717, 1.165) is 0 Å². The van der Waals surface area contributed by atoms with Gasteiger partial charge in [-0.3, -0.25) is 15.1 Å². The summed E-state index contributed by atoms with van der Waals surface area (Å²) < 4.78 is 26.2. The molecule has 112 valence electrons. The fourth-order valence-corrected chi connectivity index (χ4v) is 1.92. The zero-order valence-corrected chi connectivity index (χ0v) is 11.1. The fourth-order valence-electron chi connectivity index (χ4n) is 1.92. The van der Waals surface area contributed by atoms with Gasteiger partial charge in [-0.25, -0.2) is 8.78 Å². The van der Waals surface area contributed by atoms with Crippen molar-refractivity contribution in [3.8, 4) is 0 Å². The third kappa shape index (κ3) is 3.22. The van der Waals surface area contributed by atoms with E-state index in [4.69, 9.17) is 5.11 Å². The van der Waals surface area contributed by atoms with Crippen molar-refractivity contribution in [2.24, 2.45) is 0 Å². The van der Waals surface area contributed by atoms with Gasteiger partial charge < -0.3 is 10.4 Å². The molecule has 1 heterocycles. The van der Waals surface area contributed by atoms with E-state index in [0.29, 0.717) is 16.8 Å². The SMILES string of the molecule is Cc1cc2c(NCC(F)(F)CO)ccc([N+](=O)[O-])c2cn1. The van der Waals surface area contributed by atoms with Crippen LogP contribution in [-0.4, -0.2) is 34.1 Å². The molecule has 6 nitrogen and oxygen atoms in total. The predicted molar refractivity (Wildman–Crippen MR) is 73.7 cm³/mol. The molecule has 0 aliphatic heterocycles. The molecule has 21 heavy (non-hydrogen) atoms. The summed E-state index contributed by atoms with van der Waals surface area (Å²) in [4.78, 5) is 14.4. The van der Waals surface area contributed by atoms with Gasteiger partial charge in [0.15, 0.2) is 0 Å². The largest absolute Gasteiger partial charge is 0.390 e. The number of hydrogen-bond acceptors (Lipinski definition) is 5. The highest BCUT2D eigenvalue weighted by molar-refractivity contribution is 5.99. The van der Waals surface area contributed by atoms with Crippen LogP contribution in [0.3, 0.4) is 0 Å². The number of aryl methyl sites for hydroxylation is 1. The maximum Gasteiger partial charge on any atom is 0.287 e. The van der Waals surface area contributed by atoms with Gasteiger partial charge in [-0.1, -0.05) is 0 Å². The molecule has 0 aliphatic carbocycles. The van der Waals surface area contributed by atoms with E-state index in [1.165, 1.54) is 18.3 Å². The van der Waals surface area contributed by atoms with Crippen LogP contribution in [0.4, 0.5) is 20.2 Å². The Kier molecular flexibility index (Phi) is 3.99. The summed E-state index contributed by atoms with van der Waals surface area (Å²) in [5, 5.41) is 22.7. The van der Waals surface area contributed by atoms with Crippen molar-refractivity contribution < 1.29 is 18.8 Å². The fraction of sp³-hybridized carbons (Fsp3) is 0.308. The van der Waals surface area contributed by atoms with Crippen molar-refractivity contribution in [3.63, 3.8) is 0 Å². The average molecular weight is 297 g/mol. The molecular formula is C13H13F2N3O3. The lowest BCUT2D eigenvalue weighted by molar-refractivity contribution is -0.383. The van der Waals surface area contributed by atoms with Crippen molar-refractivity contribution in [2.75, 3.05) is 18.5 Å². The first kappa shape index (κ1) is 15.0. The normalized spacial score (nSPS) is 11.6. The number of nitro benzene ring substituents is 1. The first-order valence-corrected chi connectivity index (χ1v) is 6.10.